The Bertz CT molecular complexity index is 604. The number of halogens is 4. The van der Waals surface area contributed by atoms with Crippen LogP contribution in [0, 0.1) is 5.82 Å². The topological polar surface area (TPSA) is 46.9 Å². The molecule has 1 aromatic carbocycles. The van der Waals surface area contributed by atoms with E-state index in [4.69, 9.17) is 0 Å². The van der Waals surface area contributed by atoms with Gasteiger partial charge in [-0.25, -0.2) is 4.39 Å². The van der Waals surface area contributed by atoms with Gasteiger partial charge in [-0.15, -0.1) is 0 Å². The molecular weight excluding hydrogens is 278 g/mol. The number of hydrogen-bond acceptors (Lipinski definition) is 2. The second kappa shape index (κ2) is 5.32. The first-order valence-corrected chi connectivity index (χ1v) is 5.49. The van der Waals surface area contributed by atoms with Crippen LogP contribution in [-0.2, 0) is 11.3 Å². The highest BCUT2D eigenvalue weighted by Gasteiger charge is 2.38. The molecule has 0 aliphatic rings. The average molecular weight is 287 g/mol. The molecule has 20 heavy (non-hydrogen) atoms. The number of amides is 1. The predicted octanol–water partition coefficient (Wildman–Crippen LogP) is 2.57. The van der Waals surface area contributed by atoms with Crippen LogP contribution in [0.15, 0.2) is 36.7 Å². The molecule has 2 aromatic rings. The van der Waals surface area contributed by atoms with Crippen LogP contribution in [-0.4, -0.2) is 21.9 Å². The molecule has 0 saturated carbocycles. The van der Waals surface area contributed by atoms with Crippen molar-refractivity contribution < 1.29 is 22.4 Å². The number of aromatic nitrogens is 2. The summed E-state index contributed by atoms with van der Waals surface area (Å²) >= 11 is 0. The molecule has 0 fully saturated rings. The van der Waals surface area contributed by atoms with Crippen LogP contribution in [0.1, 0.15) is 5.56 Å². The van der Waals surface area contributed by atoms with Crippen molar-refractivity contribution in [3.05, 3.63) is 48.0 Å². The van der Waals surface area contributed by atoms with E-state index < -0.39 is 12.1 Å². The summed E-state index contributed by atoms with van der Waals surface area (Å²) in [5, 5.41) is 5.50. The van der Waals surface area contributed by atoms with Gasteiger partial charge in [-0.3, -0.25) is 9.48 Å². The molecule has 4 nitrogen and oxygen atoms in total. The monoisotopic (exact) mass is 287 g/mol. The van der Waals surface area contributed by atoms with Crippen molar-refractivity contribution >= 4 is 11.6 Å². The molecule has 0 aliphatic heterocycles. The van der Waals surface area contributed by atoms with Gasteiger partial charge in [0.2, 0.25) is 0 Å². The molecule has 0 unspecified atom stereocenters. The van der Waals surface area contributed by atoms with Crippen molar-refractivity contribution in [1.82, 2.24) is 9.78 Å². The first-order valence-electron chi connectivity index (χ1n) is 5.49. The number of alkyl halides is 3. The summed E-state index contributed by atoms with van der Waals surface area (Å²) < 4.78 is 50.2. The molecule has 2 rings (SSSR count). The second-order valence-corrected chi connectivity index (χ2v) is 4.00. The number of rotatable bonds is 3. The molecule has 0 saturated heterocycles. The summed E-state index contributed by atoms with van der Waals surface area (Å²) in [6.07, 6.45) is -2.58. The minimum absolute atomic E-state index is 0.0607. The van der Waals surface area contributed by atoms with Gasteiger partial charge in [0.15, 0.2) is 0 Å². The highest BCUT2D eigenvalue weighted by molar-refractivity contribution is 5.94. The average Bonchev–Trinajstić information content (AvgIpc) is 2.78. The van der Waals surface area contributed by atoms with Gasteiger partial charge in [-0.05, 0) is 17.7 Å². The van der Waals surface area contributed by atoms with Gasteiger partial charge < -0.3 is 5.32 Å². The lowest BCUT2D eigenvalue weighted by atomic mass is 10.2. The van der Waals surface area contributed by atoms with E-state index in [2.05, 4.69) is 5.10 Å². The largest absolute Gasteiger partial charge is 0.471 e. The summed E-state index contributed by atoms with van der Waals surface area (Å²) in [7, 11) is 0. The predicted molar refractivity (Wildman–Crippen MR) is 62.4 cm³/mol. The third-order valence-electron chi connectivity index (χ3n) is 2.41. The van der Waals surface area contributed by atoms with Gasteiger partial charge in [0.25, 0.3) is 0 Å². The molecule has 8 heteroatoms. The molecule has 1 aromatic heterocycles. The number of hydrogen-bond donors (Lipinski definition) is 1. The summed E-state index contributed by atoms with van der Waals surface area (Å²) in [6, 6.07) is 5.60. The molecule has 0 radical (unpaired) electrons. The third kappa shape index (κ3) is 3.56. The van der Waals surface area contributed by atoms with E-state index in [1.807, 2.05) is 0 Å². The van der Waals surface area contributed by atoms with Crippen molar-refractivity contribution in [2.75, 3.05) is 5.32 Å². The normalized spacial score (nSPS) is 11.4. The Balaban J connectivity index is 2.02. The molecule has 1 heterocycles. The Labute approximate surface area is 111 Å². The fraction of sp³-hybridized carbons (Fsp3) is 0.167. The lowest BCUT2D eigenvalue weighted by Gasteiger charge is -2.05. The van der Waals surface area contributed by atoms with Crippen LogP contribution in [0.3, 0.4) is 0 Å². The number of nitrogens with zero attached hydrogens (tertiary/aromatic N) is 2. The van der Waals surface area contributed by atoms with Crippen LogP contribution in [0.2, 0.25) is 0 Å². The first kappa shape index (κ1) is 14.0. The van der Waals surface area contributed by atoms with E-state index in [1.165, 1.54) is 35.1 Å². The maximum absolute atomic E-state index is 12.7. The van der Waals surface area contributed by atoms with Crippen LogP contribution in [0.25, 0.3) is 0 Å². The van der Waals surface area contributed by atoms with Crippen molar-refractivity contribution in [2.24, 2.45) is 0 Å². The number of benzene rings is 1. The zero-order valence-electron chi connectivity index (χ0n) is 9.99. The highest BCUT2D eigenvalue weighted by Crippen LogP contribution is 2.18. The fourth-order valence-corrected chi connectivity index (χ4v) is 1.49. The minimum Gasteiger partial charge on any atom is -0.316 e. The smallest absolute Gasteiger partial charge is 0.316 e. The van der Waals surface area contributed by atoms with Gasteiger partial charge in [0.1, 0.15) is 5.82 Å². The fourth-order valence-electron chi connectivity index (χ4n) is 1.49. The molecule has 0 atom stereocenters. The van der Waals surface area contributed by atoms with E-state index >= 15 is 0 Å². The van der Waals surface area contributed by atoms with Crippen LogP contribution >= 0.6 is 0 Å². The lowest BCUT2D eigenvalue weighted by molar-refractivity contribution is -0.167. The number of carbonyl (C=O) groups is 1. The van der Waals surface area contributed by atoms with Gasteiger partial charge in [0.05, 0.1) is 18.4 Å². The Morgan fingerprint density at radius 1 is 1.25 bits per heavy atom. The summed E-state index contributed by atoms with van der Waals surface area (Å²) in [5.74, 6) is -2.44. The number of anilines is 1. The van der Waals surface area contributed by atoms with E-state index in [1.54, 1.807) is 5.32 Å². The van der Waals surface area contributed by atoms with E-state index in [0.29, 0.717) is 0 Å². The Kier molecular flexibility index (Phi) is 3.73. The van der Waals surface area contributed by atoms with Gasteiger partial charge in [0, 0.05) is 6.20 Å². The molecule has 0 spiro atoms. The van der Waals surface area contributed by atoms with Crippen molar-refractivity contribution in [3.63, 3.8) is 0 Å². The van der Waals surface area contributed by atoms with Gasteiger partial charge in [-0.2, -0.15) is 18.3 Å². The summed E-state index contributed by atoms with van der Waals surface area (Å²) in [6.45, 7) is 0.252. The SMILES string of the molecule is O=C(Nc1cnn(Cc2ccc(F)cc2)c1)C(F)(F)F. The Morgan fingerprint density at radius 2 is 1.90 bits per heavy atom. The molecular formula is C12H9F4N3O. The molecule has 1 amide bonds. The maximum atomic E-state index is 12.7. The van der Waals surface area contributed by atoms with E-state index in [0.717, 1.165) is 11.8 Å². The zero-order chi connectivity index (χ0) is 14.8. The zero-order valence-corrected chi connectivity index (χ0v) is 9.99. The number of nitrogens with one attached hydrogen (secondary N) is 1. The Morgan fingerprint density at radius 3 is 2.50 bits per heavy atom. The van der Waals surface area contributed by atoms with Crippen LogP contribution < -0.4 is 5.32 Å². The quantitative estimate of drug-likeness (QED) is 0.882. The Hall–Kier alpha value is -2.38. The third-order valence-corrected chi connectivity index (χ3v) is 2.41. The van der Waals surface area contributed by atoms with Gasteiger partial charge in [-0.1, -0.05) is 12.1 Å². The van der Waals surface area contributed by atoms with Crippen LogP contribution in [0.4, 0.5) is 23.2 Å². The van der Waals surface area contributed by atoms with Crippen molar-refractivity contribution in [1.29, 1.82) is 0 Å². The number of carbonyl (C=O) groups excluding carboxylic acids is 1. The highest BCUT2D eigenvalue weighted by atomic mass is 19.4. The van der Waals surface area contributed by atoms with E-state index in [-0.39, 0.29) is 18.0 Å². The van der Waals surface area contributed by atoms with E-state index in [9.17, 15) is 22.4 Å². The van der Waals surface area contributed by atoms with Crippen LogP contribution in [0.5, 0.6) is 0 Å². The lowest BCUT2D eigenvalue weighted by Crippen LogP contribution is -2.29. The maximum Gasteiger partial charge on any atom is 0.471 e. The molecule has 106 valence electrons. The standard InChI is InChI=1S/C12H9F4N3O/c13-9-3-1-8(2-4-9)6-19-7-10(5-17-19)18-11(20)12(14,15)16/h1-5,7H,6H2,(H,18,20). The van der Waals surface area contributed by atoms with Crippen molar-refractivity contribution in [2.45, 2.75) is 12.7 Å². The summed E-state index contributed by atoms with van der Waals surface area (Å²) in [5.41, 5.74) is 0.664. The summed E-state index contributed by atoms with van der Waals surface area (Å²) in [4.78, 5) is 10.7. The molecule has 0 bridgehead atoms. The van der Waals surface area contributed by atoms with Gasteiger partial charge >= 0.3 is 12.1 Å². The first-order chi connectivity index (χ1) is 9.34. The minimum atomic E-state index is -4.95. The van der Waals surface area contributed by atoms with Crippen molar-refractivity contribution in [3.8, 4) is 0 Å². The molecule has 0 aliphatic carbocycles. The second-order valence-electron chi connectivity index (χ2n) is 4.00. The molecule has 1 N–H and O–H groups in total.